The van der Waals surface area contributed by atoms with E-state index in [1.807, 2.05) is 16.7 Å². The van der Waals surface area contributed by atoms with E-state index in [1.165, 1.54) is 4.88 Å². The first kappa shape index (κ1) is 18.2. The quantitative estimate of drug-likeness (QED) is 0.821. The molecule has 1 spiro atoms. The van der Waals surface area contributed by atoms with Crippen LogP contribution in [0.15, 0.2) is 17.5 Å². The number of thiophene rings is 1. The zero-order chi connectivity index (χ0) is 18.0. The lowest BCUT2D eigenvalue weighted by molar-refractivity contribution is -0.127. The first-order valence-electron chi connectivity index (χ1n) is 8.91. The highest BCUT2D eigenvalue weighted by molar-refractivity contribution is 7.09. The summed E-state index contributed by atoms with van der Waals surface area (Å²) in [5, 5.41) is 2.10. The van der Waals surface area contributed by atoms with Gasteiger partial charge in [-0.2, -0.15) is 0 Å². The number of hydrogen-bond acceptors (Lipinski definition) is 4. The van der Waals surface area contributed by atoms with Crippen molar-refractivity contribution in [3.8, 4) is 0 Å². The predicted octanol–water partition coefficient (Wildman–Crippen LogP) is 1.79. The van der Waals surface area contributed by atoms with Crippen LogP contribution in [0.5, 0.6) is 0 Å². The van der Waals surface area contributed by atoms with Crippen molar-refractivity contribution < 1.29 is 9.59 Å². The molecule has 2 aliphatic heterocycles. The Morgan fingerprint density at radius 1 is 1.28 bits per heavy atom. The molecule has 1 aromatic rings. The molecule has 3 amide bonds. The van der Waals surface area contributed by atoms with Gasteiger partial charge in [-0.25, -0.2) is 4.79 Å². The topological polar surface area (TPSA) is 47.1 Å². The van der Waals surface area contributed by atoms with E-state index in [0.29, 0.717) is 19.5 Å². The Morgan fingerprint density at radius 3 is 2.68 bits per heavy atom. The molecule has 138 valence electrons. The number of amides is 3. The van der Waals surface area contributed by atoms with E-state index in [0.717, 1.165) is 32.7 Å². The second-order valence-corrected chi connectivity index (χ2v) is 8.51. The van der Waals surface area contributed by atoms with Gasteiger partial charge in [-0.3, -0.25) is 9.69 Å². The third-order valence-corrected chi connectivity index (χ3v) is 6.03. The monoisotopic (exact) mass is 364 g/mol. The third-order valence-electron chi connectivity index (χ3n) is 5.17. The van der Waals surface area contributed by atoms with Crippen molar-refractivity contribution in [2.24, 2.45) is 5.41 Å². The van der Waals surface area contributed by atoms with Gasteiger partial charge in [0.2, 0.25) is 5.91 Å². The minimum atomic E-state index is -0.160. The van der Waals surface area contributed by atoms with E-state index in [-0.39, 0.29) is 17.4 Å². The minimum absolute atomic E-state index is 0.0414. The maximum absolute atomic E-state index is 12.6. The molecule has 6 nitrogen and oxygen atoms in total. The van der Waals surface area contributed by atoms with Crippen molar-refractivity contribution in [2.75, 3.05) is 53.4 Å². The Balaban J connectivity index is 1.82. The Kier molecular flexibility index (Phi) is 5.34. The van der Waals surface area contributed by atoms with Crippen molar-refractivity contribution in [1.29, 1.82) is 0 Å². The average Bonchev–Trinajstić information content (AvgIpc) is 3.13. The van der Waals surface area contributed by atoms with Crippen molar-refractivity contribution in [2.45, 2.75) is 19.9 Å². The lowest BCUT2D eigenvalue weighted by atomic mass is 9.86. The highest BCUT2D eigenvalue weighted by Gasteiger charge is 2.46. The zero-order valence-corrected chi connectivity index (χ0v) is 16.2. The summed E-state index contributed by atoms with van der Waals surface area (Å²) < 4.78 is 0. The largest absolute Gasteiger partial charge is 0.342 e. The molecule has 0 radical (unpaired) electrons. The molecule has 7 heteroatoms. The molecular weight excluding hydrogens is 336 g/mol. The summed E-state index contributed by atoms with van der Waals surface area (Å²) >= 11 is 1.76. The third kappa shape index (κ3) is 3.98. The summed E-state index contributed by atoms with van der Waals surface area (Å²) in [6.07, 6.45) is 0.541. The molecule has 2 saturated heterocycles. The van der Waals surface area contributed by atoms with E-state index in [9.17, 15) is 9.59 Å². The highest BCUT2D eigenvalue weighted by Crippen LogP contribution is 2.35. The van der Waals surface area contributed by atoms with Gasteiger partial charge in [-0.05, 0) is 18.4 Å². The second-order valence-electron chi connectivity index (χ2n) is 7.47. The fourth-order valence-electron chi connectivity index (χ4n) is 4.03. The van der Waals surface area contributed by atoms with E-state index >= 15 is 0 Å². The molecule has 1 aromatic heterocycles. The number of carbonyl (C=O) groups is 2. The van der Waals surface area contributed by atoms with Crippen molar-refractivity contribution in [3.05, 3.63) is 22.4 Å². The first-order valence-corrected chi connectivity index (χ1v) is 9.79. The fraction of sp³-hybridized carbons (Fsp3) is 0.667. The molecule has 0 aromatic carbocycles. The average molecular weight is 365 g/mol. The molecule has 2 aliphatic rings. The number of rotatable bonds is 3. The Hall–Kier alpha value is -1.60. The van der Waals surface area contributed by atoms with Gasteiger partial charge in [0.25, 0.3) is 0 Å². The number of nitrogens with zero attached hydrogens (tertiary/aromatic N) is 4. The second kappa shape index (κ2) is 7.33. The summed E-state index contributed by atoms with van der Waals surface area (Å²) in [6, 6.07) is 4.27. The zero-order valence-electron chi connectivity index (χ0n) is 15.4. The summed E-state index contributed by atoms with van der Waals surface area (Å²) in [6.45, 7) is 7.50. The fourth-order valence-corrected chi connectivity index (χ4v) is 4.78. The molecule has 0 unspecified atom stereocenters. The number of likely N-dealkylation sites (tertiary alicyclic amines) is 1. The van der Waals surface area contributed by atoms with Gasteiger partial charge in [0, 0.05) is 76.6 Å². The molecule has 0 aliphatic carbocycles. The van der Waals surface area contributed by atoms with Gasteiger partial charge in [0.1, 0.15) is 0 Å². The van der Waals surface area contributed by atoms with Gasteiger partial charge >= 0.3 is 6.03 Å². The van der Waals surface area contributed by atoms with Crippen LogP contribution in [-0.4, -0.2) is 84.9 Å². The van der Waals surface area contributed by atoms with Crippen LogP contribution >= 0.6 is 11.3 Å². The Labute approximate surface area is 154 Å². The molecule has 2 fully saturated rings. The first-order chi connectivity index (χ1) is 11.9. The number of urea groups is 1. The van der Waals surface area contributed by atoms with Crippen LogP contribution in [0, 0.1) is 5.41 Å². The summed E-state index contributed by atoms with van der Waals surface area (Å²) in [4.78, 5) is 34.3. The lowest BCUT2D eigenvalue weighted by Crippen LogP contribution is -2.47. The van der Waals surface area contributed by atoms with Crippen LogP contribution in [-0.2, 0) is 11.3 Å². The summed E-state index contributed by atoms with van der Waals surface area (Å²) in [7, 11) is 3.59. The van der Waals surface area contributed by atoms with Crippen LogP contribution in [0.4, 0.5) is 4.79 Å². The van der Waals surface area contributed by atoms with Crippen molar-refractivity contribution >= 4 is 23.3 Å². The highest BCUT2D eigenvalue weighted by atomic mass is 32.1. The molecule has 3 heterocycles. The molecule has 0 bridgehead atoms. The molecule has 0 N–H and O–H groups in total. The van der Waals surface area contributed by atoms with E-state index < -0.39 is 0 Å². The maximum atomic E-state index is 12.6. The maximum Gasteiger partial charge on any atom is 0.319 e. The number of carbonyl (C=O) groups excluding carboxylic acids is 2. The lowest BCUT2D eigenvalue weighted by Gasteiger charge is -2.34. The number of hydrogen-bond donors (Lipinski definition) is 0. The van der Waals surface area contributed by atoms with Gasteiger partial charge in [0.05, 0.1) is 0 Å². The van der Waals surface area contributed by atoms with E-state index in [2.05, 4.69) is 22.4 Å². The van der Waals surface area contributed by atoms with Crippen LogP contribution in [0.1, 0.15) is 18.2 Å². The Bertz CT molecular complexity index is 619. The smallest absolute Gasteiger partial charge is 0.319 e. The van der Waals surface area contributed by atoms with Crippen LogP contribution < -0.4 is 0 Å². The standard InChI is InChI=1S/C18H28N4O2S/c1-4-21-13-18(10-16(21)23)12-20(11-15-6-5-9-25-15)7-8-22(14-18)17(24)19(2)3/h5-6,9H,4,7-8,10-14H2,1-3H3/t18-/m0/s1. The van der Waals surface area contributed by atoms with Gasteiger partial charge in [-0.1, -0.05) is 6.07 Å². The van der Waals surface area contributed by atoms with E-state index in [1.54, 1.807) is 30.3 Å². The van der Waals surface area contributed by atoms with E-state index in [4.69, 9.17) is 0 Å². The summed E-state index contributed by atoms with van der Waals surface area (Å²) in [5.74, 6) is 0.220. The molecule has 1 atom stereocenters. The van der Waals surface area contributed by atoms with Gasteiger partial charge in [0.15, 0.2) is 0 Å². The Morgan fingerprint density at radius 2 is 2.08 bits per heavy atom. The molecule has 0 saturated carbocycles. The van der Waals surface area contributed by atoms with Crippen LogP contribution in [0.3, 0.4) is 0 Å². The molecule has 25 heavy (non-hydrogen) atoms. The molecule has 3 rings (SSSR count). The SMILES string of the molecule is CCN1C[C@]2(CC1=O)CN(Cc1cccs1)CCN(C(=O)N(C)C)C2. The molecular formula is C18H28N4O2S. The van der Waals surface area contributed by atoms with Gasteiger partial charge < -0.3 is 14.7 Å². The van der Waals surface area contributed by atoms with Crippen LogP contribution in [0.2, 0.25) is 0 Å². The van der Waals surface area contributed by atoms with Crippen molar-refractivity contribution in [1.82, 2.24) is 19.6 Å². The minimum Gasteiger partial charge on any atom is -0.342 e. The summed E-state index contributed by atoms with van der Waals surface area (Å²) in [5.41, 5.74) is -0.160. The normalized spacial score (nSPS) is 24.8. The van der Waals surface area contributed by atoms with Gasteiger partial charge in [-0.15, -0.1) is 11.3 Å². The predicted molar refractivity (Wildman–Crippen MR) is 99.6 cm³/mol. The van der Waals surface area contributed by atoms with Crippen LogP contribution in [0.25, 0.3) is 0 Å². The van der Waals surface area contributed by atoms with Crippen molar-refractivity contribution in [3.63, 3.8) is 0 Å².